The SMILES string of the molecule is CCc1cc(C(=O)NC)ccc1-c1ccc(C(C)C)cc1. The zero-order chi connectivity index (χ0) is 15.4. The molecule has 2 rings (SSSR count). The van der Waals surface area contributed by atoms with Crippen molar-refractivity contribution in [3.63, 3.8) is 0 Å². The molecule has 0 saturated carbocycles. The maximum Gasteiger partial charge on any atom is 0.251 e. The highest BCUT2D eigenvalue weighted by Gasteiger charge is 2.09. The van der Waals surface area contributed by atoms with Crippen LogP contribution in [0.2, 0.25) is 0 Å². The van der Waals surface area contributed by atoms with E-state index < -0.39 is 0 Å². The van der Waals surface area contributed by atoms with Crippen LogP contribution >= 0.6 is 0 Å². The third-order valence-electron chi connectivity index (χ3n) is 3.86. The van der Waals surface area contributed by atoms with Gasteiger partial charge in [-0.1, -0.05) is 51.1 Å². The molecule has 110 valence electrons. The molecule has 0 aliphatic rings. The first-order chi connectivity index (χ1) is 10.1. The average molecular weight is 281 g/mol. The minimum Gasteiger partial charge on any atom is -0.355 e. The minimum absolute atomic E-state index is 0.0357. The van der Waals surface area contributed by atoms with Crippen molar-refractivity contribution in [2.75, 3.05) is 7.05 Å². The lowest BCUT2D eigenvalue weighted by atomic mass is 9.93. The number of benzene rings is 2. The van der Waals surface area contributed by atoms with Gasteiger partial charge in [0, 0.05) is 12.6 Å². The molecule has 0 heterocycles. The van der Waals surface area contributed by atoms with Crippen molar-refractivity contribution in [2.45, 2.75) is 33.1 Å². The Balaban J connectivity index is 2.41. The van der Waals surface area contributed by atoms with Crippen LogP contribution in [-0.4, -0.2) is 13.0 Å². The Hall–Kier alpha value is -2.09. The van der Waals surface area contributed by atoms with Crippen molar-refractivity contribution in [1.29, 1.82) is 0 Å². The second-order valence-corrected chi connectivity index (χ2v) is 5.58. The molecule has 0 fully saturated rings. The van der Waals surface area contributed by atoms with Gasteiger partial charge in [-0.3, -0.25) is 4.79 Å². The van der Waals surface area contributed by atoms with Gasteiger partial charge in [0.15, 0.2) is 0 Å². The molecule has 0 aliphatic heterocycles. The van der Waals surface area contributed by atoms with E-state index in [2.05, 4.69) is 50.4 Å². The summed E-state index contributed by atoms with van der Waals surface area (Å²) in [6, 6.07) is 14.6. The predicted molar refractivity (Wildman–Crippen MR) is 88.7 cm³/mol. The van der Waals surface area contributed by atoms with Gasteiger partial charge in [0.1, 0.15) is 0 Å². The highest BCUT2D eigenvalue weighted by molar-refractivity contribution is 5.95. The van der Waals surface area contributed by atoms with E-state index in [0.717, 1.165) is 12.0 Å². The molecule has 0 atom stereocenters. The molecule has 2 aromatic carbocycles. The van der Waals surface area contributed by atoms with Gasteiger partial charge in [0.25, 0.3) is 5.91 Å². The van der Waals surface area contributed by atoms with Crippen LogP contribution in [0.3, 0.4) is 0 Å². The molecule has 2 nitrogen and oxygen atoms in total. The van der Waals surface area contributed by atoms with E-state index in [1.165, 1.54) is 22.3 Å². The first-order valence-electron chi connectivity index (χ1n) is 7.52. The van der Waals surface area contributed by atoms with E-state index in [1.54, 1.807) is 7.05 Å². The van der Waals surface area contributed by atoms with E-state index in [-0.39, 0.29) is 5.91 Å². The van der Waals surface area contributed by atoms with Crippen LogP contribution in [0.5, 0.6) is 0 Å². The zero-order valence-electron chi connectivity index (χ0n) is 13.2. The maximum atomic E-state index is 11.7. The average Bonchev–Trinajstić information content (AvgIpc) is 2.53. The van der Waals surface area contributed by atoms with E-state index >= 15 is 0 Å². The number of rotatable bonds is 4. The highest BCUT2D eigenvalue weighted by Crippen LogP contribution is 2.27. The van der Waals surface area contributed by atoms with Crippen molar-refractivity contribution >= 4 is 5.91 Å². The number of carbonyl (C=O) groups is 1. The largest absolute Gasteiger partial charge is 0.355 e. The lowest BCUT2D eigenvalue weighted by molar-refractivity contribution is 0.0963. The van der Waals surface area contributed by atoms with Crippen LogP contribution in [0.4, 0.5) is 0 Å². The second-order valence-electron chi connectivity index (χ2n) is 5.58. The van der Waals surface area contributed by atoms with E-state index in [4.69, 9.17) is 0 Å². The molecule has 0 spiro atoms. The van der Waals surface area contributed by atoms with Crippen molar-refractivity contribution in [1.82, 2.24) is 5.32 Å². The van der Waals surface area contributed by atoms with Crippen LogP contribution in [0, 0.1) is 0 Å². The summed E-state index contributed by atoms with van der Waals surface area (Å²) in [5, 5.41) is 2.67. The summed E-state index contributed by atoms with van der Waals surface area (Å²) in [5.41, 5.74) is 5.68. The molecule has 0 radical (unpaired) electrons. The van der Waals surface area contributed by atoms with Gasteiger partial charge in [-0.25, -0.2) is 0 Å². The minimum atomic E-state index is -0.0357. The van der Waals surface area contributed by atoms with Gasteiger partial charge in [-0.05, 0) is 46.7 Å². The van der Waals surface area contributed by atoms with Crippen LogP contribution < -0.4 is 5.32 Å². The van der Waals surface area contributed by atoms with Gasteiger partial charge in [-0.2, -0.15) is 0 Å². The Morgan fingerprint density at radius 2 is 1.76 bits per heavy atom. The van der Waals surface area contributed by atoms with Crippen LogP contribution in [0.1, 0.15) is 48.2 Å². The Morgan fingerprint density at radius 1 is 1.10 bits per heavy atom. The molecule has 0 bridgehead atoms. The maximum absolute atomic E-state index is 11.7. The zero-order valence-corrected chi connectivity index (χ0v) is 13.2. The number of carbonyl (C=O) groups excluding carboxylic acids is 1. The Labute approximate surface area is 127 Å². The summed E-state index contributed by atoms with van der Waals surface area (Å²) in [7, 11) is 1.66. The second kappa shape index (κ2) is 6.57. The quantitative estimate of drug-likeness (QED) is 0.884. The monoisotopic (exact) mass is 281 g/mol. The fourth-order valence-electron chi connectivity index (χ4n) is 2.50. The summed E-state index contributed by atoms with van der Waals surface area (Å²) in [6.45, 7) is 6.52. The normalized spacial score (nSPS) is 10.7. The summed E-state index contributed by atoms with van der Waals surface area (Å²) in [4.78, 5) is 11.7. The Morgan fingerprint density at radius 3 is 2.29 bits per heavy atom. The number of nitrogens with one attached hydrogen (secondary N) is 1. The van der Waals surface area contributed by atoms with Crippen molar-refractivity contribution in [2.24, 2.45) is 0 Å². The lowest BCUT2D eigenvalue weighted by Crippen LogP contribution is -2.17. The van der Waals surface area contributed by atoms with Gasteiger partial charge in [-0.15, -0.1) is 0 Å². The summed E-state index contributed by atoms with van der Waals surface area (Å²) in [6.07, 6.45) is 0.909. The van der Waals surface area contributed by atoms with Gasteiger partial charge >= 0.3 is 0 Å². The van der Waals surface area contributed by atoms with Crippen LogP contribution in [0.15, 0.2) is 42.5 Å². The van der Waals surface area contributed by atoms with Crippen LogP contribution in [-0.2, 0) is 6.42 Å². The van der Waals surface area contributed by atoms with Gasteiger partial charge in [0.2, 0.25) is 0 Å². The molecule has 0 aromatic heterocycles. The molecule has 2 heteroatoms. The molecular formula is C19H23NO. The molecule has 1 N–H and O–H groups in total. The first kappa shape index (κ1) is 15.3. The Kier molecular flexibility index (Phi) is 4.79. The number of amides is 1. The molecule has 1 amide bonds. The third kappa shape index (κ3) is 3.33. The Bertz CT molecular complexity index is 627. The van der Waals surface area contributed by atoms with Crippen LogP contribution in [0.25, 0.3) is 11.1 Å². The van der Waals surface area contributed by atoms with Crippen molar-refractivity contribution in [3.05, 3.63) is 59.2 Å². The van der Waals surface area contributed by atoms with E-state index in [1.807, 2.05) is 18.2 Å². The topological polar surface area (TPSA) is 29.1 Å². The highest BCUT2D eigenvalue weighted by atomic mass is 16.1. The fraction of sp³-hybridized carbons (Fsp3) is 0.316. The first-order valence-corrected chi connectivity index (χ1v) is 7.52. The van der Waals surface area contributed by atoms with E-state index in [0.29, 0.717) is 5.92 Å². The number of hydrogen-bond acceptors (Lipinski definition) is 1. The summed E-state index contributed by atoms with van der Waals surface area (Å²) >= 11 is 0. The predicted octanol–water partition coefficient (Wildman–Crippen LogP) is 4.40. The fourth-order valence-corrected chi connectivity index (χ4v) is 2.50. The standard InChI is InChI=1S/C19H23NO/c1-5-14-12-17(19(21)20-4)10-11-18(14)16-8-6-15(7-9-16)13(2)3/h6-13H,5H2,1-4H3,(H,20,21). The number of aryl methyl sites for hydroxylation is 1. The molecular weight excluding hydrogens is 258 g/mol. The van der Waals surface area contributed by atoms with E-state index in [9.17, 15) is 4.79 Å². The molecule has 0 aliphatic carbocycles. The van der Waals surface area contributed by atoms with Crippen molar-refractivity contribution < 1.29 is 4.79 Å². The lowest BCUT2D eigenvalue weighted by Gasteiger charge is -2.12. The third-order valence-corrected chi connectivity index (χ3v) is 3.86. The smallest absolute Gasteiger partial charge is 0.251 e. The molecule has 0 saturated heterocycles. The molecule has 0 unspecified atom stereocenters. The van der Waals surface area contributed by atoms with Gasteiger partial charge in [0.05, 0.1) is 0 Å². The molecule has 21 heavy (non-hydrogen) atoms. The van der Waals surface area contributed by atoms with Gasteiger partial charge < -0.3 is 5.32 Å². The van der Waals surface area contributed by atoms with Crippen molar-refractivity contribution in [3.8, 4) is 11.1 Å². The molecule has 2 aromatic rings. The number of hydrogen-bond donors (Lipinski definition) is 1. The summed E-state index contributed by atoms with van der Waals surface area (Å²) < 4.78 is 0. The summed E-state index contributed by atoms with van der Waals surface area (Å²) in [5.74, 6) is 0.506.